The second kappa shape index (κ2) is 26.0. The Labute approximate surface area is 412 Å². The Morgan fingerprint density at radius 1 is 0.814 bits per heavy atom. The van der Waals surface area contributed by atoms with Gasteiger partial charge in [-0.15, -0.1) is 11.8 Å². The molecule has 5 aromatic rings. The molecule has 3 heterocycles. The number of H-pyrrole nitrogens is 1. The highest BCUT2D eigenvalue weighted by Gasteiger charge is 2.33. The summed E-state index contributed by atoms with van der Waals surface area (Å²) >= 11 is 1.39. The lowest BCUT2D eigenvalue weighted by atomic mass is 9.94. The zero-order valence-electron chi connectivity index (χ0n) is 40.1. The minimum absolute atomic E-state index is 0.00225. The largest absolute Gasteiger partial charge is 0.393 e. The number of benzene rings is 3. The first-order valence-corrected chi connectivity index (χ1v) is 25.0. The molecular weight excluding hydrogens is 913 g/mol. The molecule has 1 saturated heterocycles. The van der Waals surface area contributed by atoms with E-state index in [-0.39, 0.29) is 56.0 Å². The van der Waals surface area contributed by atoms with Crippen molar-refractivity contribution < 1.29 is 38.9 Å². The van der Waals surface area contributed by atoms with E-state index in [9.17, 15) is 39.0 Å². The number of thioether (sulfide) groups is 1. The van der Waals surface area contributed by atoms with E-state index >= 15 is 0 Å². The quantitative estimate of drug-likeness (QED) is 0.0360. The molecule has 3 unspecified atom stereocenters. The summed E-state index contributed by atoms with van der Waals surface area (Å²) in [5.74, 6) is -2.14. The number of aromatic amines is 1. The van der Waals surface area contributed by atoms with Crippen LogP contribution in [0.4, 0.5) is 5.82 Å². The van der Waals surface area contributed by atoms with Crippen LogP contribution in [0.1, 0.15) is 95.2 Å². The molecule has 6 rings (SSSR count). The number of carbonyl (C=O) groups excluding carboxylic acids is 5. The summed E-state index contributed by atoms with van der Waals surface area (Å²) in [4.78, 5) is 88.1. The molecule has 0 saturated carbocycles. The Morgan fingerprint density at radius 3 is 2.17 bits per heavy atom. The maximum Gasteiger partial charge on any atom is 0.351 e. The van der Waals surface area contributed by atoms with Crippen LogP contribution in [-0.2, 0) is 41.6 Å². The topological polar surface area (TPSA) is 246 Å². The maximum atomic E-state index is 14.3. The number of unbranched alkanes of at least 4 members (excludes halogenated alkanes) is 1. The van der Waals surface area contributed by atoms with Crippen LogP contribution in [0.2, 0.25) is 0 Å². The van der Waals surface area contributed by atoms with Crippen molar-refractivity contribution in [1.82, 2.24) is 35.8 Å². The molecule has 1 aliphatic heterocycles. The molecule has 8 N–H and O–H groups in total. The molecule has 1 aliphatic rings. The Kier molecular flexibility index (Phi) is 19.7. The van der Waals surface area contributed by atoms with Crippen LogP contribution in [0.25, 0.3) is 10.9 Å². The van der Waals surface area contributed by atoms with Gasteiger partial charge in [-0.2, -0.15) is 4.98 Å². The molecule has 0 aliphatic carbocycles. The van der Waals surface area contributed by atoms with Crippen molar-refractivity contribution in [3.8, 4) is 0 Å². The Morgan fingerprint density at radius 2 is 1.50 bits per heavy atom. The van der Waals surface area contributed by atoms with Crippen LogP contribution < -0.4 is 32.3 Å². The fourth-order valence-electron chi connectivity index (χ4n) is 8.41. The van der Waals surface area contributed by atoms with Gasteiger partial charge in [-0.05, 0) is 66.3 Å². The Bertz CT molecular complexity index is 2570. The number of nitrogens with zero attached hydrogens (tertiary/aromatic N) is 2. The molecule has 0 spiro atoms. The lowest BCUT2D eigenvalue weighted by Crippen LogP contribution is -2.58. The van der Waals surface area contributed by atoms with Crippen molar-refractivity contribution in [1.29, 1.82) is 0 Å². The average Bonchev–Trinajstić information content (AvgIpc) is 3.99. The number of aliphatic hydroxyl groups is 2. The molecule has 17 nitrogen and oxygen atoms in total. The molecule has 3 aromatic carbocycles. The lowest BCUT2D eigenvalue weighted by molar-refractivity contribution is -0.133. The third-order valence-electron chi connectivity index (χ3n) is 12.1. The summed E-state index contributed by atoms with van der Waals surface area (Å²) in [6.45, 7) is 7.30. The number of amides is 5. The van der Waals surface area contributed by atoms with Gasteiger partial charge < -0.3 is 46.5 Å². The standard InChI is InChI=1S/C52H66N8O9S/c1-32(2)25-40(42(62)28-46(65)54-39(35-17-9-6-10-18-35)26-34-15-7-5-8-16-34)56-51(67)49(33(3)4)59-50(66)41(27-36-29-53-38-20-12-11-19-37(36)38)55-44(63)21-13-14-22-45(64)57-43-23-24-60(52(68)58-43)47-31-70-48(30-61)69-47/h5-12,15-20,23-24,29,32-33,39-42,47-49,53,61-62H,13-14,21-22,25-28,30-31H2,1-4H3,(H,54,65)(H,55,63)(H,56,67)(H,59,66)(H,57,58,64,68)/t39?,40-,41+,42-,47?,48?,49+/m1/s1. The number of aliphatic hydroxyl groups excluding tert-OH is 2. The minimum atomic E-state index is -1.24. The van der Waals surface area contributed by atoms with Crippen LogP contribution in [0, 0.1) is 11.8 Å². The number of hydrogen-bond acceptors (Lipinski definition) is 11. The lowest BCUT2D eigenvalue weighted by Gasteiger charge is -2.30. The number of ether oxygens (including phenoxy) is 1. The van der Waals surface area contributed by atoms with E-state index in [0.717, 1.165) is 27.6 Å². The van der Waals surface area contributed by atoms with Gasteiger partial charge in [-0.1, -0.05) is 107 Å². The summed E-state index contributed by atoms with van der Waals surface area (Å²) in [6, 6.07) is 25.2. The van der Waals surface area contributed by atoms with Crippen LogP contribution in [0.3, 0.4) is 0 Å². The van der Waals surface area contributed by atoms with Gasteiger partial charge in [0.1, 0.15) is 29.6 Å². The van der Waals surface area contributed by atoms with Crippen molar-refractivity contribution in [2.24, 2.45) is 11.8 Å². The highest BCUT2D eigenvalue weighted by molar-refractivity contribution is 8.00. The van der Waals surface area contributed by atoms with Gasteiger partial charge in [0.15, 0.2) is 0 Å². The smallest absolute Gasteiger partial charge is 0.351 e. The van der Waals surface area contributed by atoms with E-state index in [4.69, 9.17) is 4.74 Å². The number of nitrogens with one attached hydrogen (secondary N) is 6. The van der Waals surface area contributed by atoms with Gasteiger partial charge in [0.2, 0.25) is 29.5 Å². The molecule has 70 heavy (non-hydrogen) atoms. The summed E-state index contributed by atoms with van der Waals surface area (Å²) in [7, 11) is 0. The van der Waals surface area contributed by atoms with E-state index in [0.29, 0.717) is 31.4 Å². The average molecular weight is 979 g/mol. The number of carbonyl (C=O) groups is 5. The van der Waals surface area contributed by atoms with Crippen LogP contribution in [0.5, 0.6) is 0 Å². The van der Waals surface area contributed by atoms with E-state index < -0.39 is 71.1 Å². The highest BCUT2D eigenvalue weighted by Crippen LogP contribution is 2.30. The summed E-state index contributed by atoms with van der Waals surface area (Å²) in [6.07, 6.45) is 2.87. The van der Waals surface area contributed by atoms with E-state index in [1.165, 1.54) is 28.6 Å². The SMILES string of the molecule is CC(C)C[C@@H](NC(=O)[C@@H](NC(=O)[C@H](Cc1c[nH]c2ccccc12)NC(=O)CCCCC(=O)Nc1ccn(C2CSC(CO)O2)c(=O)n1)C(C)C)[C@H](O)CC(=O)NC(Cc1ccccc1)c1ccccc1. The fourth-order valence-corrected chi connectivity index (χ4v) is 9.34. The molecule has 0 radical (unpaired) electrons. The van der Waals surface area contributed by atoms with Crippen molar-refractivity contribution in [2.75, 3.05) is 17.7 Å². The highest BCUT2D eigenvalue weighted by atomic mass is 32.2. The monoisotopic (exact) mass is 978 g/mol. The van der Waals surface area contributed by atoms with Crippen molar-refractivity contribution in [3.63, 3.8) is 0 Å². The van der Waals surface area contributed by atoms with E-state index in [2.05, 4.69) is 36.6 Å². The molecule has 1 fully saturated rings. The Hall–Kier alpha value is -6.34. The van der Waals surface area contributed by atoms with Gasteiger partial charge in [0, 0.05) is 48.3 Å². The number of aromatic nitrogens is 3. The molecule has 5 amide bonds. The number of rotatable bonds is 25. The summed E-state index contributed by atoms with van der Waals surface area (Å²) in [5.41, 5.74) is 2.56. The Balaban J connectivity index is 1.06. The van der Waals surface area contributed by atoms with Crippen molar-refractivity contribution in [2.45, 2.75) is 121 Å². The minimum Gasteiger partial charge on any atom is -0.393 e. The number of hydrogen-bond donors (Lipinski definition) is 8. The van der Waals surface area contributed by atoms with Gasteiger partial charge in [-0.25, -0.2) is 4.79 Å². The molecular formula is C52H66N8O9S. The second-order valence-electron chi connectivity index (χ2n) is 18.4. The number of fused-ring (bicyclic) bond motifs is 1. The van der Waals surface area contributed by atoms with Crippen LogP contribution >= 0.6 is 11.8 Å². The van der Waals surface area contributed by atoms with Gasteiger partial charge in [0.25, 0.3) is 0 Å². The predicted molar refractivity (Wildman–Crippen MR) is 269 cm³/mol. The zero-order valence-corrected chi connectivity index (χ0v) is 41.0. The third kappa shape index (κ3) is 15.6. The fraction of sp³-hybridized carbons (Fsp3) is 0.442. The third-order valence-corrected chi connectivity index (χ3v) is 13.2. The molecule has 7 atom stereocenters. The summed E-state index contributed by atoms with van der Waals surface area (Å²) in [5, 5.41) is 36.2. The zero-order chi connectivity index (χ0) is 50.2. The predicted octanol–water partition coefficient (Wildman–Crippen LogP) is 5.05. The normalized spacial score (nSPS) is 16.8. The van der Waals surface area contributed by atoms with Gasteiger partial charge >= 0.3 is 5.69 Å². The molecule has 374 valence electrons. The van der Waals surface area contributed by atoms with Crippen LogP contribution in [0.15, 0.2) is 108 Å². The van der Waals surface area contributed by atoms with Crippen molar-refractivity contribution in [3.05, 3.63) is 131 Å². The van der Waals surface area contributed by atoms with Gasteiger partial charge in [-0.3, -0.25) is 28.5 Å². The maximum absolute atomic E-state index is 14.3. The second-order valence-corrected chi connectivity index (χ2v) is 19.6. The first-order chi connectivity index (χ1) is 33.7. The number of para-hydroxylation sites is 1. The first-order valence-electron chi connectivity index (χ1n) is 24.0. The van der Waals surface area contributed by atoms with Crippen LogP contribution in [-0.4, -0.2) is 96.3 Å². The van der Waals surface area contributed by atoms with E-state index in [1.807, 2.05) is 98.8 Å². The summed E-state index contributed by atoms with van der Waals surface area (Å²) < 4.78 is 6.93. The van der Waals surface area contributed by atoms with Crippen molar-refractivity contribution >= 4 is 58.0 Å². The molecule has 18 heteroatoms. The van der Waals surface area contributed by atoms with Gasteiger partial charge in [0.05, 0.1) is 31.2 Å². The van der Waals surface area contributed by atoms with E-state index in [1.54, 1.807) is 20.0 Å². The first kappa shape index (κ1) is 53.0. The molecule has 2 aromatic heterocycles. The molecule has 0 bridgehead atoms. The number of anilines is 1.